The van der Waals surface area contributed by atoms with E-state index in [1.807, 2.05) is 48.5 Å². The van der Waals surface area contributed by atoms with Crippen molar-refractivity contribution in [3.05, 3.63) is 65.9 Å². The Hall–Kier alpha value is -3.28. The highest BCUT2D eigenvalue weighted by atomic mass is 16.5. The zero-order chi connectivity index (χ0) is 21.8. The van der Waals surface area contributed by atoms with Gasteiger partial charge < -0.3 is 14.8 Å². The smallest absolute Gasteiger partial charge is 0.232 e. The third-order valence-corrected chi connectivity index (χ3v) is 6.27. The fourth-order valence-electron chi connectivity index (χ4n) is 4.66. The number of ether oxygens (including phenoxy) is 2. The van der Waals surface area contributed by atoms with Crippen molar-refractivity contribution in [1.29, 1.82) is 0 Å². The maximum atomic E-state index is 13.6. The summed E-state index contributed by atoms with van der Waals surface area (Å²) in [7, 11) is 3.22. The second-order valence-corrected chi connectivity index (χ2v) is 7.99. The number of anilines is 1. The third-order valence-electron chi connectivity index (χ3n) is 6.27. The summed E-state index contributed by atoms with van der Waals surface area (Å²) >= 11 is 0. The van der Waals surface area contributed by atoms with Gasteiger partial charge in [-0.2, -0.15) is 0 Å². The SMILES string of the molecule is COc1ccc(OC)c(CNC(=O)C23CCCC=C2N(c2ccccc2)C(=O)CC3)c1. The Morgan fingerprint density at radius 3 is 2.65 bits per heavy atom. The summed E-state index contributed by atoms with van der Waals surface area (Å²) in [5, 5.41) is 3.12. The number of benzene rings is 2. The van der Waals surface area contributed by atoms with Crippen LogP contribution >= 0.6 is 0 Å². The summed E-state index contributed by atoms with van der Waals surface area (Å²) < 4.78 is 10.8. The second-order valence-electron chi connectivity index (χ2n) is 7.99. The molecule has 6 heteroatoms. The van der Waals surface area contributed by atoms with Crippen molar-refractivity contribution in [3.63, 3.8) is 0 Å². The highest BCUT2D eigenvalue weighted by Gasteiger charge is 2.49. The molecule has 0 saturated carbocycles. The zero-order valence-corrected chi connectivity index (χ0v) is 18.0. The van der Waals surface area contributed by atoms with E-state index in [1.165, 1.54) is 0 Å². The van der Waals surface area contributed by atoms with Crippen LogP contribution < -0.4 is 19.7 Å². The van der Waals surface area contributed by atoms with E-state index in [9.17, 15) is 9.59 Å². The molecule has 1 saturated heterocycles. The number of methoxy groups -OCH3 is 2. The predicted molar refractivity (Wildman–Crippen MR) is 119 cm³/mol. The van der Waals surface area contributed by atoms with E-state index in [4.69, 9.17) is 9.47 Å². The molecule has 4 rings (SSSR count). The predicted octanol–water partition coefficient (Wildman–Crippen LogP) is 4.20. The summed E-state index contributed by atoms with van der Waals surface area (Å²) in [4.78, 5) is 28.2. The lowest BCUT2D eigenvalue weighted by molar-refractivity contribution is -0.132. The van der Waals surface area contributed by atoms with Gasteiger partial charge in [-0.15, -0.1) is 0 Å². The number of amides is 2. The van der Waals surface area contributed by atoms with Gasteiger partial charge in [0.25, 0.3) is 0 Å². The van der Waals surface area contributed by atoms with Gasteiger partial charge in [-0.05, 0) is 56.0 Å². The van der Waals surface area contributed by atoms with Crippen LogP contribution in [0.2, 0.25) is 0 Å². The molecule has 31 heavy (non-hydrogen) atoms. The number of nitrogens with one attached hydrogen (secondary N) is 1. The van der Waals surface area contributed by atoms with E-state index < -0.39 is 5.41 Å². The Kier molecular flexibility index (Phi) is 5.98. The molecule has 2 aromatic carbocycles. The molecule has 1 unspecified atom stereocenters. The van der Waals surface area contributed by atoms with Crippen LogP contribution in [0.1, 0.15) is 37.7 Å². The van der Waals surface area contributed by atoms with Crippen molar-refractivity contribution in [2.24, 2.45) is 5.41 Å². The maximum Gasteiger partial charge on any atom is 0.232 e. The maximum absolute atomic E-state index is 13.6. The third kappa shape index (κ3) is 3.90. The minimum Gasteiger partial charge on any atom is -0.497 e. The van der Waals surface area contributed by atoms with Gasteiger partial charge in [0.1, 0.15) is 11.5 Å². The molecule has 0 radical (unpaired) electrons. The number of carbonyl (C=O) groups excluding carboxylic acids is 2. The molecule has 1 N–H and O–H groups in total. The summed E-state index contributed by atoms with van der Waals surface area (Å²) in [5.74, 6) is 1.40. The monoisotopic (exact) mass is 420 g/mol. The van der Waals surface area contributed by atoms with Crippen molar-refractivity contribution in [2.45, 2.75) is 38.6 Å². The Labute approximate surface area is 182 Å². The molecule has 0 aromatic heterocycles. The van der Waals surface area contributed by atoms with Crippen molar-refractivity contribution < 1.29 is 19.1 Å². The van der Waals surface area contributed by atoms with E-state index >= 15 is 0 Å². The molecule has 162 valence electrons. The van der Waals surface area contributed by atoms with Gasteiger partial charge in [-0.1, -0.05) is 24.3 Å². The van der Waals surface area contributed by atoms with Crippen molar-refractivity contribution in [1.82, 2.24) is 5.32 Å². The van der Waals surface area contributed by atoms with Crippen LogP contribution in [0.3, 0.4) is 0 Å². The van der Waals surface area contributed by atoms with Gasteiger partial charge in [-0.3, -0.25) is 14.5 Å². The van der Waals surface area contributed by atoms with Gasteiger partial charge in [-0.25, -0.2) is 0 Å². The number of allylic oxidation sites excluding steroid dienone is 1. The minimum absolute atomic E-state index is 0.0391. The van der Waals surface area contributed by atoms with E-state index in [-0.39, 0.29) is 11.8 Å². The van der Waals surface area contributed by atoms with Crippen LogP contribution in [0.25, 0.3) is 0 Å². The van der Waals surface area contributed by atoms with Crippen molar-refractivity contribution in [3.8, 4) is 11.5 Å². The fraction of sp³-hybridized carbons (Fsp3) is 0.360. The van der Waals surface area contributed by atoms with Crippen molar-refractivity contribution >= 4 is 17.5 Å². The molecule has 2 aromatic rings. The van der Waals surface area contributed by atoms with Crippen molar-refractivity contribution in [2.75, 3.05) is 19.1 Å². The molecule has 0 spiro atoms. The number of para-hydroxylation sites is 1. The Morgan fingerprint density at radius 2 is 1.90 bits per heavy atom. The first-order chi connectivity index (χ1) is 15.1. The average molecular weight is 421 g/mol. The molecule has 1 aliphatic heterocycles. The molecule has 1 atom stereocenters. The molecular formula is C25H28N2O4. The van der Waals surface area contributed by atoms with Crippen LogP contribution in [0.5, 0.6) is 11.5 Å². The first-order valence-corrected chi connectivity index (χ1v) is 10.7. The number of piperidine rings is 1. The summed E-state index contributed by atoms with van der Waals surface area (Å²) in [5.41, 5.74) is 1.77. The molecule has 1 fully saturated rings. The topological polar surface area (TPSA) is 67.9 Å². The number of hydrogen-bond donors (Lipinski definition) is 1. The van der Waals surface area contributed by atoms with E-state index in [2.05, 4.69) is 11.4 Å². The molecule has 6 nitrogen and oxygen atoms in total. The molecule has 2 amide bonds. The molecular weight excluding hydrogens is 392 g/mol. The lowest BCUT2D eigenvalue weighted by atomic mass is 9.69. The highest BCUT2D eigenvalue weighted by molar-refractivity contribution is 6.02. The molecule has 1 aliphatic carbocycles. The van der Waals surface area contributed by atoms with E-state index in [0.29, 0.717) is 30.9 Å². The Bertz CT molecular complexity index is 1000. The second kappa shape index (κ2) is 8.84. The normalized spacial score (nSPS) is 20.5. The quantitative estimate of drug-likeness (QED) is 0.761. The molecule has 2 aliphatic rings. The minimum atomic E-state index is -0.700. The number of nitrogens with zero attached hydrogens (tertiary/aromatic N) is 1. The molecule has 1 heterocycles. The zero-order valence-electron chi connectivity index (χ0n) is 18.0. The van der Waals surface area contributed by atoms with Gasteiger partial charge in [0.05, 0.1) is 19.6 Å². The number of carbonyl (C=O) groups is 2. The lowest BCUT2D eigenvalue weighted by Gasteiger charge is -2.46. The summed E-state index contributed by atoms with van der Waals surface area (Å²) in [6.45, 7) is 0.327. The largest absolute Gasteiger partial charge is 0.497 e. The van der Waals surface area contributed by atoms with Crippen LogP contribution in [0.4, 0.5) is 5.69 Å². The number of fused-ring (bicyclic) bond motifs is 1. The summed E-state index contributed by atoms with van der Waals surface area (Å²) in [6.07, 6.45) is 5.47. The average Bonchev–Trinajstić information content (AvgIpc) is 2.82. The van der Waals surface area contributed by atoms with Gasteiger partial charge in [0.15, 0.2) is 0 Å². The van der Waals surface area contributed by atoms with Crippen LogP contribution in [0.15, 0.2) is 60.3 Å². The van der Waals surface area contributed by atoms with Crippen LogP contribution in [-0.4, -0.2) is 26.0 Å². The van der Waals surface area contributed by atoms with Crippen LogP contribution in [-0.2, 0) is 16.1 Å². The first-order valence-electron chi connectivity index (χ1n) is 10.7. The van der Waals surface area contributed by atoms with Gasteiger partial charge in [0, 0.05) is 29.9 Å². The van der Waals surface area contributed by atoms with E-state index in [1.54, 1.807) is 19.1 Å². The first kappa shape index (κ1) is 21.0. The lowest BCUT2D eigenvalue weighted by Crippen LogP contribution is -2.53. The van der Waals surface area contributed by atoms with Crippen LogP contribution in [0, 0.1) is 5.41 Å². The number of hydrogen-bond acceptors (Lipinski definition) is 4. The Balaban J connectivity index is 1.62. The standard InChI is InChI=1S/C25H28N2O4/c1-30-20-11-12-21(31-2)18(16-20)17-26-24(29)25-14-7-6-10-22(25)27(23(28)13-15-25)19-8-4-3-5-9-19/h3-5,8-12,16H,6-7,13-15,17H2,1-2H3,(H,26,29). The van der Waals surface area contributed by atoms with Gasteiger partial charge >= 0.3 is 0 Å². The summed E-state index contributed by atoms with van der Waals surface area (Å²) in [6, 6.07) is 15.1. The highest BCUT2D eigenvalue weighted by Crippen LogP contribution is 2.48. The van der Waals surface area contributed by atoms with E-state index in [0.717, 1.165) is 36.2 Å². The Morgan fingerprint density at radius 1 is 1.10 bits per heavy atom. The molecule has 0 bridgehead atoms. The van der Waals surface area contributed by atoms with Gasteiger partial charge in [0.2, 0.25) is 11.8 Å². The number of rotatable bonds is 6. The fourth-order valence-corrected chi connectivity index (χ4v) is 4.66.